The SMILES string of the molecule is CCN(CC)CCC[C@H](C)Nc1cc(/C=C/c2ccc([N+](=O)[O-])cc2)nc2ccc(OC)cc12. The van der Waals surface area contributed by atoms with Gasteiger partial charge in [-0.3, -0.25) is 10.1 Å². The first-order valence-electron chi connectivity index (χ1n) is 11.8. The lowest BCUT2D eigenvalue weighted by Crippen LogP contribution is -2.25. The average molecular weight is 463 g/mol. The molecule has 0 aliphatic carbocycles. The first-order chi connectivity index (χ1) is 16.4. The van der Waals surface area contributed by atoms with Crippen LogP contribution in [-0.4, -0.2) is 47.6 Å². The lowest BCUT2D eigenvalue weighted by Gasteiger charge is -2.21. The first-order valence-corrected chi connectivity index (χ1v) is 11.8. The molecule has 3 rings (SSSR count). The summed E-state index contributed by atoms with van der Waals surface area (Å²) < 4.78 is 5.44. The molecule has 0 fully saturated rings. The van der Waals surface area contributed by atoms with Gasteiger partial charge in [-0.05, 0) is 87.4 Å². The molecule has 0 radical (unpaired) electrons. The Balaban J connectivity index is 1.82. The molecule has 3 aromatic rings. The third-order valence-electron chi connectivity index (χ3n) is 5.99. The van der Waals surface area contributed by atoms with Crippen molar-refractivity contribution in [3.63, 3.8) is 0 Å². The number of nitro groups is 1. The number of non-ortho nitro benzene ring substituents is 1. The second-order valence-corrected chi connectivity index (χ2v) is 8.37. The number of methoxy groups -OCH3 is 1. The maximum atomic E-state index is 10.9. The number of nitro benzene ring substituents is 1. The fraction of sp³-hybridized carbons (Fsp3) is 0.370. The molecule has 0 amide bonds. The van der Waals surface area contributed by atoms with Crippen LogP contribution in [0.1, 0.15) is 44.9 Å². The first kappa shape index (κ1) is 25.2. The normalized spacial score (nSPS) is 12.4. The zero-order chi connectivity index (χ0) is 24.5. The van der Waals surface area contributed by atoms with Gasteiger partial charge in [0.05, 0.1) is 23.2 Å². The number of hydrogen-bond acceptors (Lipinski definition) is 6. The third-order valence-corrected chi connectivity index (χ3v) is 5.99. The van der Waals surface area contributed by atoms with Gasteiger partial charge in [-0.15, -0.1) is 0 Å². The monoisotopic (exact) mass is 462 g/mol. The number of rotatable bonds is 12. The van der Waals surface area contributed by atoms with E-state index in [1.165, 1.54) is 12.1 Å². The second kappa shape index (κ2) is 12.1. The highest BCUT2D eigenvalue weighted by Crippen LogP contribution is 2.29. The summed E-state index contributed by atoms with van der Waals surface area (Å²) in [5.41, 5.74) is 3.67. The van der Waals surface area contributed by atoms with E-state index in [0.717, 1.165) is 66.1 Å². The molecule has 1 aromatic heterocycles. The van der Waals surface area contributed by atoms with Gasteiger partial charge >= 0.3 is 0 Å². The molecule has 7 heteroatoms. The predicted octanol–water partition coefficient (Wildman–Crippen LogP) is 6.24. The van der Waals surface area contributed by atoms with Gasteiger partial charge in [0.15, 0.2) is 0 Å². The Morgan fingerprint density at radius 2 is 1.85 bits per heavy atom. The smallest absolute Gasteiger partial charge is 0.269 e. The topological polar surface area (TPSA) is 80.5 Å². The van der Waals surface area contributed by atoms with Crippen LogP contribution >= 0.6 is 0 Å². The molecule has 1 N–H and O–H groups in total. The molecular weight excluding hydrogens is 428 g/mol. The fourth-order valence-corrected chi connectivity index (χ4v) is 3.94. The number of ether oxygens (including phenoxy) is 1. The van der Waals surface area contributed by atoms with Crippen LogP contribution in [0.15, 0.2) is 48.5 Å². The van der Waals surface area contributed by atoms with Gasteiger partial charge in [-0.2, -0.15) is 0 Å². The quantitative estimate of drug-likeness (QED) is 0.253. The van der Waals surface area contributed by atoms with Crippen LogP contribution in [0.4, 0.5) is 11.4 Å². The number of nitrogens with one attached hydrogen (secondary N) is 1. The van der Waals surface area contributed by atoms with E-state index in [-0.39, 0.29) is 5.69 Å². The third kappa shape index (κ3) is 6.78. The Hall–Kier alpha value is -3.45. The summed E-state index contributed by atoms with van der Waals surface area (Å²) >= 11 is 0. The molecule has 34 heavy (non-hydrogen) atoms. The van der Waals surface area contributed by atoms with Gasteiger partial charge in [-0.1, -0.05) is 19.9 Å². The second-order valence-electron chi connectivity index (χ2n) is 8.37. The van der Waals surface area contributed by atoms with Crippen LogP contribution in [0, 0.1) is 10.1 Å². The van der Waals surface area contributed by atoms with E-state index in [9.17, 15) is 10.1 Å². The Labute approximate surface area is 201 Å². The van der Waals surface area contributed by atoms with Crippen LogP contribution in [0.2, 0.25) is 0 Å². The van der Waals surface area contributed by atoms with Gasteiger partial charge in [0.2, 0.25) is 0 Å². The van der Waals surface area contributed by atoms with E-state index in [1.54, 1.807) is 19.2 Å². The Bertz CT molecular complexity index is 1120. The lowest BCUT2D eigenvalue weighted by atomic mass is 10.1. The van der Waals surface area contributed by atoms with E-state index in [4.69, 9.17) is 9.72 Å². The lowest BCUT2D eigenvalue weighted by molar-refractivity contribution is -0.384. The van der Waals surface area contributed by atoms with Crippen LogP contribution in [0.25, 0.3) is 23.1 Å². The maximum Gasteiger partial charge on any atom is 0.269 e. The molecule has 0 saturated heterocycles. The zero-order valence-corrected chi connectivity index (χ0v) is 20.5. The minimum absolute atomic E-state index is 0.0800. The summed E-state index contributed by atoms with van der Waals surface area (Å²) in [6, 6.07) is 14.7. The molecule has 180 valence electrons. The van der Waals surface area contributed by atoms with Crippen molar-refractivity contribution in [1.82, 2.24) is 9.88 Å². The molecule has 2 aromatic carbocycles. The molecule has 7 nitrogen and oxygen atoms in total. The number of hydrogen-bond donors (Lipinski definition) is 1. The van der Waals surface area contributed by atoms with E-state index in [2.05, 4.69) is 31.0 Å². The maximum absolute atomic E-state index is 10.9. The summed E-state index contributed by atoms with van der Waals surface area (Å²) in [6.07, 6.45) is 6.05. The van der Waals surface area contributed by atoms with Crippen molar-refractivity contribution in [3.05, 3.63) is 69.9 Å². The standard InChI is InChI=1S/C27H34N4O3/c1-5-30(6-2)17-7-8-20(3)28-27-18-22(29-26-16-15-24(34-4)19-25(26)27)12-9-21-10-13-23(14-11-21)31(32)33/h9-16,18-20H,5-8,17H2,1-4H3,(H,28,29)/b12-9+/t20-/m0/s1. The minimum Gasteiger partial charge on any atom is -0.497 e. The number of benzene rings is 2. The van der Waals surface area contributed by atoms with Gasteiger partial charge in [0.25, 0.3) is 5.69 Å². The Morgan fingerprint density at radius 3 is 2.50 bits per heavy atom. The number of fused-ring (bicyclic) bond motifs is 1. The van der Waals surface area contributed by atoms with Gasteiger partial charge in [0.1, 0.15) is 5.75 Å². The number of pyridine rings is 1. The summed E-state index contributed by atoms with van der Waals surface area (Å²) in [5.74, 6) is 0.792. The van der Waals surface area contributed by atoms with Crippen molar-refractivity contribution in [2.45, 2.75) is 39.7 Å². The molecule has 0 bridgehead atoms. The predicted molar refractivity (Wildman–Crippen MR) is 140 cm³/mol. The number of anilines is 1. The van der Waals surface area contributed by atoms with Gasteiger partial charge < -0.3 is 15.0 Å². The summed E-state index contributed by atoms with van der Waals surface area (Å²) in [5, 5.41) is 15.6. The van der Waals surface area contributed by atoms with Crippen molar-refractivity contribution >= 4 is 34.4 Å². The molecule has 1 atom stereocenters. The molecule has 0 spiro atoms. The zero-order valence-electron chi connectivity index (χ0n) is 20.5. The highest BCUT2D eigenvalue weighted by Gasteiger charge is 2.10. The van der Waals surface area contributed by atoms with Crippen molar-refractivity contribution in [2.24, 2.45) is 0 Å². The van der Waals surface area contributed by atoms with Crippen molar-refractivity contribution in [1.29, 1.82) is 0 Å². The highest BCUT2D eigenvalue weighted by molar-refractivity contribution is 5.94. The van der Waals surface area contributed by atoms with E-state index < -0.39 is 4.92 Å². The van der Waals surface area contributed by atoms with E-state index in [0.29, 0.717) is 6.04 Å². The van der Waals surface area contributed by atoms with E-state index >= 15 is 0 Å². The fourth-order valence-electron chi connectivity index (χ4n) is 3.94. The summed E-state index contributed by atoms with van der Waals surface area (Å²) in [6.45, 7) is 9.88. The molecule has 1 heterocycles. The molecule has 0 unspecified atom stereocenters. The van der Waals surface area contributed by atoms with Gasteiger partial charge in [-0.25, -0.2) is 4.98 Å². The Morgan fingerprint density at radius 1 is 1.12 bits per heavy atom. The summed E-state index contributed by atoms with van der Waals surface area (Å²) in [7, 11) is 1.67. The Kier molecular flexibility index (Phi) is 8.99. The molecule has 0 aliphatic rings. The van der Waals surface area contributed by atoms with E-state index in [1.807, 2.05) is 36.4 Å². The molecule has 0 saturated carbocycles. The number of aromatic nitrogens is 1. The average Bonchev–Trinajstić information content (AvgIpc) is 2.85. The van der Waals surface area contributed by atoms with Crippen LogP contribution in [0.3, 0.4) is 0 Å². The summed E-state index contributed by atoms with van der Waals surface area (Å²) in [4.78, 5) is 17.7. The van der Waals surface area contributed by atoms with Crippen LogP contribution in [-0.2, 0) is 0 Å². The highest BCUT2D eigenvalue weighted by atomic mass is 16.6. The largest absolute Gasteiger partial charge is 0.497 e. The molecular formula is C27H34N4O3. The van der Waals surface area contributed by atoms with Crippen molar-refractivity contribution < 1.29 is 9.66 Å². The minimum atomic E-state index is -0.395. The molecule has 0 aliphatic heterocycles. The number of nitrogens with zero attached hydrogens (tertiary/aromatic N) is 3. The van der Waals surface area contributed by atoms with Crippen molar-refractivity contribution in [2.75, 3.05) is 32.1 Å². The van der Waals surface area contributed by atoms with Crippen LogP contribution in [0.5, 0.6) is 5.75 Å². The van der Waals surface area contributed by atoms with Crippen molar-refractivity contribution in [3.8, 4) is 5.75 Å². The van der Waals surface area contributed by atoms with Gasteiger partial charge in [0, 0.05) is 29.2 Å². The van der Waals surface area contributed by atoms with Crippen LogP contribution < -0.4 is 10.1 Å².